The molecule has 0 saturated carbocycles. The van der Waals surface area contributed by atoms with Gasteiger partial charge in [-0.25, -0.2) is 14.4 Å². The molecular formula is C23H24O7. The lowest BCUT2D eigenvalue weighted by Gasteiger charge is -2.16. The maximum Gasteiger partial charge on any atom is 0.339 e. The van der Waals surface area contributed by atoms with E-state index in [4.69, 9.17) is 18.9 Å². The van der Waals surface area contributed by atoms with E-state index in [2.05, 4.69) is 32.9 Å². The number of hydrogen-bond acceptors (Lipinski definition) is 7. The van der Waals surface area contributed by atoms with Gasteiger partial charge in [-0.05, 0) is 12.1 Å². The highest BCUT2D eigenvalue weighted by Crippen LogP contribution is 2.26. The third-order valence-corrected chi connectivity index (χ3v) is 3.49. The van der Waals surface area contributed by atoms with E-state index in [1.165, 1.54) is 36.4 Å². The van der Waals surface area contributed by atoms with Gasteiger partial charge in [0.05, 0.1) is 16.7 Å². The van der Waals surface area contributed by atoms with Crippen molar-refractivity contribution in [2.24, 2.45) is 0 Å². The topological polar surface area (TPSA) is 88.1 Å². The lowest BCUT2D eigenvalue weighted by molar-refractivity contribution is 0.0500. The van der Waals surface area contributed by atoms with E-state index in [-0.39, 0.29) is 54.4 Å². The molecule has 0 aromatic heterocycles. The van der Waals surface area contributed by atoms with Crippen LogP contribution in [0.15, 0.2) is 69.3 Å². The van der Waals surface area contributed by atoms with Crippen LogP contribution in [0.5, 0.6) is 0 Å². The summed E-state index contributed by atoms with van der Waals surface area (Å²) in [4.78, 5) is 37.6. The van der Waals surface area contributed by atoms with Gasteiger partial charge in [-0.15, -0.1) is 0 Å². The Morgan fingerprint density at radius 1 is 0.600 bits per heavy atom. The Morgan fingerprint density at radius 2 is 0.900 bits per heavy atom. The van der Waals surface area contributed by atoms with Gasteiger partial charge >= 0.3 is 17.9 Å². The smallest absolute Gasteiger partial charge is 0.339 e. The highest BCUT2D eigenvalue weighted by atomic mass is 16.5. The Kier molecular flexibility index (Phi) is 10.1. The second-order valence-electron chi connectivity index (χ2n) is 5.63. The van der Waals surface area contributed by atoms with Crippen molar-refractivity contribution in [3.63, 3.8) is 0 Å². The molecule has 0 atom stereocenters. The Morgan fingerprint density at radius 3 is 1.27 bits per heavy atom. The summed E-state index contributed by atoms with van der Waals surface area (Å²) in [6, 6.07) is 2.45. The first-order chi connectivity index (χ1) is 14.4. The average Bonchev–Trinajstić information content (AvgIpc) is 2.76. The van der Waals surface area contributed by atoms with Crippen molar-refractivity contribution in [2.45, 2.75) is 0 Å². The molecule has 0 bridgehead atoms. The van der Waals surface area contributed by atoms with E-state index in [0.717, 1.165) is 0 Å². The number of benzene rings is 1. The van der Waals surface area contributed by atoms with E-state index in [1.54, 1.807) is 0 Å². The summed E-state index contributed by atoms with van der Waals surface area (Å²) in [5.74, 6) is -2.35. The second-order valence-corrected chi connectivity index (χ2v) is 5.63. The summed E-state index contributed by atoms with van der Waals surface area (Å²) in [6.07, 6.45) is 5.62. The number of rotatable bonds is 13. The Labute approximate surface area is 175 Å². The zero-order valence-corrected chi connectivity index (χ0v) is 16.7. The van der Waals surface area contributed by atoms with Gasteiger partial charge in [0.25, 0.3) is 0 Å². The van der Waals surface area contributed by atoms with E-state index in [0.29, 0.717) is 0 Å². The van der Waals surface area contributed by atoms with Gasteiger partial charge in [0.1, 0.15) is 32.2 Å². The quantitative estimate of drug-likeness (QED) is 0.210. The predicted molar refractivity (Wildman–Crippen MR) is 113 cm³/mol. The zero-order valence-electron chi connectivity index (χ0n) is 16.7. The number of ether oxygens (including phenoxy) is 4. The molecule has 7 heteroatoms. The number of carbonyl (C=O) groups excluding carboxylic acids is 3. The van der Waals surface area contributed by atoms with Crippen molar-refractivity contribution in [1.82, 2.24) is 0 Å². The molecular weight excluding hydrogens is 388 g/mol. The van der Waals surface area contributed by atoms with Crippen LogP contribution in [0.1, 0.15) is 36.6 Å². The number of carbonyl (C=O) groups is 3. The maximum atomic E-state index is 12.6. The minimum Gasteiger partial charge on any atom is -0.490 e. The van der Waals surface area contributed by atoms with Crippen LogP contribution in [0.2, 0.25) is 0 Å². The van der Waals surface area contributed by atoms with Crippen molar-refractivity contribution >= 4 is 23.7 Å². The fourth-order valence-electron chi connectivity index (χ4n) is 2.21. The molecule has 0 aliphatic carbocycles. The SMILES string of the molecule is C=CCOC(=C)c1cc(C(=O)OCC=C)c(C(=O)OCC=C)cc1C(=O)OCC=C. The maximum absolute atomic E-state index is 12.6. The molecule has 1 aromatic carbocycles. The summed E-state index contributed by atoms with van der Waals surface area (Å²) in [6.45, 7) is 17.6. The summed E-state index contributed by atoms with van der Waals surface area (Å²) in [7, 11) is 0. The molecule has 7 nitrogen and oxygen atoms in total. The van der Waals surface area contributed by atoms with Gasteiger partial charge in [-0.1, -0.05) is 57.2 Å². The molecule has 0 fully saturated rings. The highest BCUT2D eigenvalue weighted by molar-refractivity contribution is 6.07. The molecule has 0 aliphatic heterocycles. The van der Waals surface area contributed by atoms with Crippen LogP contribution >= 0.6 is 0 Å². The van der Waals surface area contributed by atoms with Crippen LogP contribution in [0, 0.1) is 0 Å². The van der Waals surface area contributed by atoms with Crippen LogP contribution < -0.4 is 0 Å². The van der Waals surface area contributed by atoms with Gasteiger partial charge in [0, 0.05) is 5.56 Å². The minimum absolute atomic E-state index is 0.0447. The van der Waals surface area contributed by atoms with E-state index < -0.39 is 17.9 Å². The fourth-order valence-corrected chi connectivity index (χ4v) is 2.21. The molecule has 0 unspecified atom stereocenters. The largest absolute Gasteiger partial charge is 0.490 e. The van der Waals surface area contributed by atoms with Crippen molar-refractivity contribution in [2.75, 3.05) is 26.4 Å². The minimum atomic E-state index is -0.845. The Balaban J connectivity index is 3.62. The third kappa shape index (κ3) is 6.63. The van der Waals surface area contributed by atoms with Gasteiger partial charge < -0.3 is 18.9 Å². The zero-order chi connectivity index (χ0) is 22.5. The van der Waals surface area contributed by atoms with Gasteiger partial charge in [0.2, 0.25) is 0 Å². The van der Waals surface area contributed by atoms with Crippen LogP contribution in [0.25, 0.3) is 5.76 Å². The van der Waals surface area contributed by atoms with Gasteiger partial charge in [-0.2, -0.15) is 0 Å². The number of esters is 3. The summed E-state index contributed by atoms with van der Waals surface area (Å²) in [5.41, 5.74) is -0.213. The summed E-state index contributed by atoms with van der Waals surface area (Å²) >= 11 is 0. The molecule has 158 valence electrons. The first-order valence-electron chi connectivity index (χ1n) is 8.86. The highest BCUT2D eigenvalue weighted by Gasteiger charge is 2.26. The van der Waals surface area contributed by atoms with Crippen LogP contribution in [0.3, 0.4) is 0 Å². The molecule has 0 N–H and O–H groups in total. The van der Waals surface area contributed by atoms with Crippen LogP contribution in [-0.4, -0.2) is 44.3 Å². The standard InChI is InChI=1S/C23H24O7/c1-6-10-27-16(5)17-14-19(22(25)29-12-8-3)20(23(26)30-13-9-4)15-18(17)21(24)28-11-7-2/h6-9,14-15H,1-5,10-13H2. The van der Waals surface area contributed by atoms with E-state index in [9.17, 15) is 14.4 Å². The molecule has 0 spiro atoms. The molecule has 1 rings (SSSR count). The Bertz CT molecular complexity index is 726. The molecule has 0 heterocycles. The van der Waals surface area contributed by atoms with Crippen molar-refractivity contribution in [3.8, 4) is 0 Å². The molecule has 0 amide bonds. The predicted octanol–water partition coefficient (Wildman–Crippen LogP) is 3.89. The van der Waals surface area contributed by atoms with Crippen molar-refractivity contribution in [1.29, 1.82) is 0 Å². The first-order valence-corrected chi connectivity index (χ1v) is 8.86. The average molecular weight is 412 g/mol. The van der Waals surface area contributed by atoms with Crippen molar-refractivity contribution in [3.05, 3.63) is 91.6 Å². The monoisotopic (exact) mass is 412 g/mol. The van der Waals surface area contributed by atoms with E-state index >= 15 is 0 Å². The normalized spacial score (nSPS) is 9.60. The third-order valence-electron chi connectivity index (χ3n) is 3.49. The van der Waals surface area contributed by atoms with E-state index in [1.807, 2.05) is 0 Å². The molecule has 1 aromatic rings. The van der Waals surface area contributed by atoms with Crippen molar-refractivity contribution < 1.29 is 33.3 Å². The lowest BCUT2D eigenvalue weighted by Crippen LogP contribution is -2.18. The van der Waals surface area contributed by atoms with Gasteiger partial charge in [-0.3, -0.25) is 0 Å². The first kappa shape index (κ1) is 24.2. The number of hydrogen-bond donors (Lipinski definition) is 0. The fraction of sp³-hybridized carbons (Fsp3) is 0.174. The molecule has 0 radical (unpaired) electrons. The van der Waals surface area contributed by atoms with Gasteiger partial charge in [0.15, 0.2) is 0 Å². The second kappa shape index (κ2) is 12.6. The summed E-state index contributed by atoms with van der Waals surface area (Å²) in [5, 5.41) is 0. The Hall–Kier alpha value is -3.87. The molecule has 0 saturated heterocycles. The molecule has 0 aliphatic rings. The van der Waals surface area contributed by atoms with Crippen LogP contribution in [0.4, 0.5) is 0 Å². The van der Waals surface area contributed by atoms with Crippen LogP contribution in [-0.2, 0) is 18.9 Å². The summed E-state index contributed by atoms with van der Waals surface area (Å²) < 4.78 is 20.6. The molecule has 30 heavy (non-hydrogen) atoms. The lowest BCUT2D eigenvalue weighted by atomic mass is 9.97.